The third-order valence-electron chi connectivity index (χ3n) is 3.51. The maximum Gasteiger partial charge on any atom is 0.322 e. The van der Waals surface area contributed by atoms with Gasteiger partial charge in [-0.3, -0.25) is 19.2 Å². The molecule has 0 aliphatic rings. The highest BCUT2D eigenvalue weighted by Crippen LogP contribution is 2.16. The van der Waals surface area contributed by atoms with E-state index >= 15 is 0 Å². The number of nitrogens with one attached hydrogen (secondary N) is 2. The molecule has 6 N–H and O–H groups in total. The van der Waals surface area contributed by atoms with Crippen molar-refractivity contribution in [2.75, 3.05) is 12.3 Å². The number of rotatable bonds is 12. The van der Waals surface area contributed by atoms with E-state index in [0.29, 0.717) is 5.75 Å². The molecule has 0 spiro atoms. The number of carbonyl (C=O) groups is 4. The third kappa shape index (κ3) is 9.90. The SMILES string of the molecule is NC(CCC(=O)NC(CSCc1cccc(I)c1)C(=O)NCC(=O)O)C(=O)O. The Labute approximate surface area is 180 Å². The zero-order valence-electron chi connectivity index (χ0n) is 14.9. The number of aliphatic carboxylic acids is 2. The predicted molar refractivity (Wildman–Crippen MR) is 113 cm³/mol. The summed E-state index contributed by atoms with van der Waals surface area (Å²) >= 11 is 3.61. The fraction of sp³-hybridized carbons (Fsp3) is 0.412. The molecule has 154 valence electrons. The van der Waals surface area contributed by atoms with Crippen LogP contribution >= 0.6 is 34.4 Å². The summed E-state index contributed by atoms with van der Waals surface area (Å²) in [6.07, 6.45) is -0.224. The highest BCUT2D eigenvalue weighted by Gasteiger charge is 2.22. The molecule has 2 atom stereocenters. The Balaban J connectivity index is 2.61. The van der Waals surface area contributed by atoms with E-state index in [9.17, 15) is 19.2 Å². The molecule has 0 aliphatic heterocycles. The molecular formula is C17H22IN3O6S. The van der Waals surface area contributed by atoms with Crippen LogP contribution in [0.15, 0.2) is 24.3 Å². The highest BCUT2D eigenvalue weighted by atomic mass is 127. The van der Waals surface area contributed by atoms with Crippen LogP contribution < -0.4 is 16.4 Å². The molecule has 1 aromatic carbocycles. The van der Waals surface area contributed by atoms with Crippen molar-refractivity contribution < 1.29 is 29.4 Å². The second-order valence-corrected chi connectivity index (χ2v) is 8.14. The van der Waals surface area contributed by atoms with Gasteiger partial charge in [-0.2, -0.15) is 11.8 Å². The summed E-state index contributed by atoms with van der Waals surface area (Å²) in [7, 11) is 0. The van der Waals surface area contributed by atoms with Crippen LogP contribution in [0.4, 0.5) is 0 Å². The molecular weight excluding hydrogens is 501 g/mol. The molecule has 9 nitrogen and oxygen atoms in total. The van der Waals surface area contributed by atoms with Crippen LogP contribution in [0, 0.1) is 3.57 Å². The summed E-state index contributed by atoms with van der Waals surface area (Å²) < 4.78 is 1.08. The van der Waals surface area contributed by atoms with Crippen molar-refractivity contribution in [2.24, 2.45) is 5.73 Å². The summed E-state index contributed by atoms with van der Waals surface area (Å²) in [6.45, 7) is -0.559. The van der Waals surface area contributed by atoms with E-state index < -0.39 is 42.4 Å². The number of thioether (sulfide) groups is 1. The van der Waals surface area contributed by atoms with E-state index in [4.69, 9.17) is 15.9 Å². The average molecular weight is 523 g/mol. The van der Waals surface area contributed by atoms with Gasteiger partial charge in [0.05, 0.1) is 0 Å². The number of carboxylic acid groups (broad SMARTS) is 2. The molecule has 2 unspecified atom stereocenters. The molecule has 2 amide bonds. The van der Waals surface area contributed by atoms with Gasteiger partial charge in [0.15, 0.2) is 0 Å². The largest absolute Gasteiger partial charge is 0.480 e. The van der Waals surface area contributed by atoms with Gasteiger partial charge in [-0.05, 0) is 46.7 Å². The van der Waals surface area contributed by atoms with Gasteiger partial charge in [-0.15, -0.1) is 0 Å². The lowest BCUT2D eigenvalue weighted by molar-refractivity contribution is -0.139. The average Bonchev–Trinajstić information content (AvgIpc) is 2.63. The van der Waals surface area contributed by atoms with Crippen LogP contribution in [0.5, 0.6) is 0 Å². The number of hydrogen-bond donors (Lipinski definition) is 5. The van der Waals surface area contributed by atoms with E-state index in [1.54, 1.807) is 0 Å². The van der Waals surface area contributed by atoms with E-state index in [-0.39, 0.29) is 18.6 Å². The molecule has 0 aromatic heterocycles. The van der Waals surface area contributed by atoms with E-state index in [2.05, 4.69) is 33.2 Å². The van der Waals surface area contributed by atoms with Crippen LogP contribution in [-0.4, -0.2) is 58.3 Å². The Bertz CT molecular complexity index is 718. The zero-order chi connectivity index (χ0) is 21.1. The van der Waals surface area contributed by atoms with Crippen LogP contribution in [-0.2, 0) is 24.9 Å². The van der Waals surface area contributed by atoms with Crippen molar-refractivity contribution in [3.8, 4) is 0 Å². The summed E-state index contributed by atoms with van der Waals surface area (Å²) in [5, 5.41) is 22.2. The molecule has 28 heavy (non-hydrogen) atoms. The Morgan fingerprint density at radius 3 is 2.54 bits per heavy atom. The minimum Gasteiger partial charge on any atom is -0.480 e. The van der Waals surface area contributed by atoms with Crippen molar-refractivity contribution in [3.63, 3.8) is 0 Å². The molecule has 1 rings (SSSR count). The van der Waals surface area contributed by atoms with Gasteiger partial charge in [0.1, 0.15) is 18.6 Å². The smallest absolute Gasteiger partial charge is 0.322 e. The number of hydrogen-bond acceptors (Lipinski definition) is 6. The molecule has 0 bridgehead atoms. The molecule has 1 aromatic rings. The Hall–Kier alpha value is -1.86. The number of benzene rings is 1. The van der Waals surface area contributed by atoms with Gasteiger partial charge in [-0.25, -0.2) is 0 Å². The standard InChI is InChI=1S/C17H22IN3O6S/c18-11-3-1-2-10(6-11)8-28-9-13(16(25)20-7-15(23)24)21-14(22)5-4-12(19)17(26)27/h1-3,6,12-13H,4-5,7-9,19H2,(H,20,25)(H,21,22)(H,23,24)(H,26,27). The van der Waals surface area contributed by atoms with Gasteiger partial charge in [0.2, 0.25) is 11.8 Å². The molecule has 0 aliphatic carbocycles. The fourth-order valence-corrected chi connectivity index (χ4v) is 3.68. The second kappa shape index (κ2) is 12.6. The van der Waals surface area contributed by atoms with Crippen molar-refractivity contribution in [1.82, 2.24) is 10.6 Å². The molecule has 11 heteroatoms. The zero-order valence-corrected chi connectivity index (χ0v) is 17.9. The maximum absolute atomic E-state index is 12.2. The first-order valence-corrected chi connectivity index (χ1v) is 10.5. The highest BCUT2D eigenvalue weighted by molar-refractivity contribution is 14.1. The van der Waals surface area contributed by atoms with Gasteiger partial charge in [-0.1, -0.05) is 12.1 Å². The summed E-state index contributed by atoms with van der Waals surface area (Å²) in [6, 6.07) is 5.71. The molecule has 0 saturated heterocycles. The molecule has 0 fully saturated rings. The Morgan fingerprint density at radius 1 is 1.21 bits per heavy atom. The first-order chi connectivity index (χ1) is 13.2. The lowest BCUT2D eigenvalue weighted by Crippen LogP contribution is -2.49. The van der Waals surface area contributed by atoms with Gasteiger partial charge in [0.25, 0.3) is 0 Å². The quantitative estimate of drug-likeness (QED) is 0.246. The summed E-state index contributed by atoms with van der Waals surface area (Å²) in [5.74, 6) is -2.71. The van der Waals surface area contributed by atoms with E-state index in [1.165, 1.54) is 11.8 Å². The third-order valence-corrected chi connectivity index (χ3v) is 5.28. The lowest BCUT2D eigenvalue weighted by atomic mass is 10.1. The van der Waals surface area contributed by atoms with Crippen LogP contribution in [0.3, 0.4) is 0 Å². The summed E-state index contributed by atoms with van der Waals surface area (Å²) in [4.78, 5) is 45.6. The number of halogens is 1. The lowest BCUT2D eigenvalue weighted by Gasteiger charge is -2.18. The van der Waals surface area contributed by atoms with Gasteiger partial charge < -0.3 is 26.6 Å². The monoisotopic (exact) mass is 523 g/mol. The second-order valence-electron chi connectivity index (χ2n) is 5.86. The number of carbonyl (C=O) groups excluding carboxylic acids is 2. The van der Waals surface area contributed by atoms with Crippen LogP contribution in [0.1, 0.15) is 18.4 Å². The minimum atomic E-state index is -1.21. The predicted octanol–water partition coefficient (Wildman–Crippen LogP) is 0.402. The maximum atomic E-state index is 12.2. The van der Waals surface area contributed by atoms with Gasteiger partial charge in [0, 0.05) is 21.5 Å². The molecule has 0 radical (unpaired) electrons. The van der Waals surface area contributed by atoms with Crippen molar-refractivity contribution >= 4 is 58.1 Å². The normalized spacial score (nSPS) is 12.6. The fourth-order valence-electron chi connectivity index (χ4n) is 2.07. The Morgan fingerprint density at radius 2 is 1.93 bits per heavy atom. The van der Waals surface area contributed by atoms with Gasteiger partial charge >= 0.3 is 11.9 Å². The minimum absolute atomic E-state index is 0.0692. The molecule has 0 heterocycles. The molecule has 0 saturated carbocycles. The Kier molecular flexibility index (Phi) is 10.9. The van der Waals surface area contributed by atoms with Crippen LogP contribution in [0.25, 0.3) is 0 Å². The topological polar surface area (TPSA) is 159 Å². The first-order valence-electron chi connectivity index (χ1n) is 8.28. The van der Waals surface area contributed by atoms with Crippen molar-refractivity contribution in [3.05, 3.63) is 33.4 Å². The summed E-state index contributed by atoms with van der Waals surface area (Å²) in [5.41, 5.74) is 6.42. The number of carboxylic acids is 2. The van der Waals surface area contributed by atoms with Crippen molar-refractivity contribution in [1.29, 1.82) is 0 Å². The first kappa shape index (κ1) is 24.2. The number of nitrogens with two attached hydrogens (primary N) is 1. The van der Waals surface area contributed by atoms with Crippen LogP contribution in [0.2, 0.25) is 0 Å². The van der Waals surface area contributed by atoms with E-state index in [1.807, 2.05) is 24.3 Å². The van der Waals surface area contributed by atoms with E-state index in [0.717, 1.165) is 9.13 Å². The number of amides is 2. The van der Waals surface area contributed by atoms with Crippen molar-refractivity contribution in [2.45, 2.75) is 30.7 Å².